The largest absolute Gasteiger partial charge is 0.405 e. The maximum atomic E-state index is 11.8. The number of nitrogens with one attached hydrogen (secondary N) is 2. The second kappa shape index (κ2) is 7.20. The molecule has 0 bridgehead atoms. The Balaban J connectivity index is 2.37. The highest BCUT2D eigenvalue weighted by atomic mass is 32.1. The van der Waals surface area contributed by atoms with Crippen molar-refractivity contribution in [2.45, 2.75) is 12.6 Å². The van der Waals surface area contributed by atoms with E-state index in [-0.39, 0.29) is 5.69 Å². The minimum Gasteiger partial charge on any atom is -0.345 e. The molecule has 0 fully saturated rings. The van der Waals surface area contributed by atoms with Crippen LogP contribution in [0.4, 0.5) is 13.2 Å². The number of alkyl halides is 3. The Morgan fingerprint density at radius 1 is 1.35 bits per heavy atom. The fraction of sp³-hybridized carbons (Fsp3) is 0.500. The smallest absolute Gasteiger partial charge is 0.345 e. The first-order valence-electron chi connectivity index (χ1n) is 5.58. The molecule has 0 aromatic carbocycles. The Bertz CT molecular complexity index is 475. The maximum absolute atomic E-state index is 11.8. The Morgan fingerprint density at radius 2 is 2.05 bits per heavy atom. The molecule has 20 heavy (non-hydrogen) atoms. The number of hydrogen-bond acceptors (Lipinski definition) is 5. The molecular weight excluding hydrogens is 297 g/mol. The lowest BCUT2D eigenvalue weighted by molar-refractivity contribution is -0.137. The first-order valence-corrected chi connectivity index (χ1v) is 6.46. The zero-order valence-electron chi connectivity index (χ0n) is 10.3. The molecule has 1 heterocycles. The van der Waals surface area contributed by atoms with E-state index in [2.05, 4.69) is 10.3 Å². The van der Waals surface area contributed by atoms with E-state index in [0.29, 0.717) is 18.0 Å². The average Bonchev–Trinajstić information content (AvgIpc) is 2.81. The number of amides is 2. The van der Waals surface area contributed by atoms with Crippen molar-refractivity contribution in [2.24, 2.45) is 5.73 Å². The minimum absolute atomic E-state index is 0.113. The van der Waals surface area contributed by atoms with Crippen molar-refractivity contribution in [1.82, 2.24) is 15.6 Å². The van der Waals surface area contributed by atoms with E-state index in [1.807, 2.05) is 0 Å². The van der Waals surface area contributed by atoms with E-state index in [1.54, 1.807) is 5.32 Å². The zero-order valence-corrected chi connectivity index (χ0v) is 11.1. The second-order valence-electron chi connectivity index (χ2n) is 3.74. The summed E-state index contributed by atoms with van der Waals surface area (Å²) in [5.41, 5.74) is 5.45. The number of thiazole rings is 1. The highest BCUT2D eigenvalue weighted by molar-refractivity contribution is 7.09. The summed E-state index contributed by atoms with van der Waals surface area (Å²) in [5.74, 6) is -1.54. The van der Waals surface area contributed by atoms with Crippen molar-refractivity contribution in [3.05, 3.63) is 16.1 Å². The summed E-state index contributed by atoms with van der Waals surface area (Å²) in [6.07, 6.45) is -3.95. The van der Waals surface area contributed by atoms with Gasteiger partial charge < -0.3 is 16.4 Å². The van der Waals surface area contributed by atoms with Crippen LogP contribution in [0.5, 0.6) is 0 Å². The van der Waals surface area contributed by atoms with Crippen LogP contribution in [-0.4, -0.2) is 42.6 Å². The van der Waals surface area contributed by atoms with Crippen LogP contribution in [0, 0.1) is 0 Å². The molecule has 2 amide bonds. The summed E-state index contributed by atoms with van der Waals surface area (Å²) < 4.78 is 35.5. The minimum atomic E-state index is -4.48. The van der Waals surface area contributed by atoms with Crippen molar-refractivity contribution in [3.8, 4) is 0 Å². The maximum Gasteiger partial charge on any atom is 0.405 e. The molecule has 112 valence electrons. The SMILES string of the molecule is NCCc1nc(C(=O)NCC(=O)NCC(F)(F)F)cs1. The molecule has 1 aromatic heterocycles. The molecule has 0 spiro atoms. The van der Waals surface area contributed by atoms with Gasteiger partial charge >= 0.3 is 6.18 Å². The van der Waals surface area contributed by atoms with Gasteiger partial charge in [-0.25, -0.2) is 4.98 Å². The van der Waals surface area contributed by atoms with Crippen LogP contribution in [0.1, 0.15) is 15.5 Å². The van der Waals surface area contributed by atoms with Gasteiger partial charge in [-0.05, 0) is 6.54 Å². The van der Waals surface area contributed by atoms with Crippen LogP contribution in [-0.2, 0) is 11.2 Å². The number of carbonyl (C=O) groups is 2. The Labute approximate surface area is 116 Å². The van der Waals surface area contributed by atoms with E-state index < -0.39 is 31.1 Å². The highest BCUT2D eigenvalue weighted by Crippen LogP contribution is 2.12. The Morgan fingerprint density at radius 3 is 2.65 bits per heavy atom. The predicted octanol–water partition coefficient (Wildman–Crippen LogP) is 0.0526. The van der Waals surface area contributed by atoms with Crippen LogP contribution in [0.25, 0.3) is 0 Å². The van der Waals surface area contributed by atoms with Crippen LogP contribution in [0.2, 0.25) is 0 Å². The summed E-state index contributed by atoms with van der Waals surface area (Å²) in [6.45, 7) is -1.58. The molecule has 0 aliphatic heterocycles. The fourth-order valence-corrected chi connectivity index (χ4v) is 1.96. The lowest BCUT2D eigenvalue weighted by atomic mass is 10.4. The number of carbonyl (C=O) groups excluding carboxylic acids is 2. The van der Waals surface area contributed by atoms with Gasteiger partial charge in [0.25, 0.3) is 5.91 Å². The molecule has 0 atom stereocenters. The van der Waals surface area contributed by atoms with Crippen LogP contribution < -0.4 is 16.4 Å². The van der Waals surface area contributed by atoms with E-state index in [0.717, 1.165) is 0 Å². The van der Waals surface area contributed by atoms with Crippen molar-refractivity contribution in [3.63, 3.8) is 0 Å². The number of aromatic nitrogens is 1. The number of nitrogens with zero attached hydrogens (tertiary/aromatic N) is 1. The Hall–Kier alpha value is -1.68. The monoisotopic (exact) mass is 310 g/mol. The standard InChI is InChI=1S/C10H13F3N4O2S/c11-10(12,13)5-16-7(18)3-15-9(19)6-4-20-8(17-6)1-2-14/h4H,1-3,5,14H2,(H,15,19)(H,16,18). The van der Waals surface area contributed by atoms with E-state index in [1.165, 1.54) is 16.7 Å². The molecule has 6 nitrogen and oxygen atoms in total. The first-order chi connectivity index (χ1) is 9.31. The number of rotatable bonds is 6. The molecule has 1 aromatic rings. The number of halogens is 3. The molecule has 0 saturated carbocycles. The van der Waals surface area contributed by atoms with Crippen LogP contribution >= 0.6 is 11.3 Å². The summed E-state index contributed by atoms with van der Waals surface area (Å²) in [7, 11) is 0. The van der Waals surface area contributed by atoms with Gasteiger partial charge in [0, 0.05) is 11.8 Å². The molecule has 0 saturated heterocycles. The molecule has 10 heteroatoms. The van der Waals surface area contributed by atoms with Gasteiger partial charge in [-0.2, -0.15) is 13.2 Å². The quantitative estimate of drug-likeness (QED) is 0.692. The number of hydrogen-bond donors (Lipinski definition) is 3. The van der Waals surface area contributed by atoms with Gasteiger partial charge in [0.05, 0.1) is 11.6 Å². The number of nitrogens with two attached hydrogens (primary N) is 1. The van der Waals surface area contributed by atoms with Crippen molar-refractivity contribution >= 4 is 23.2 Å². The highest BCUT2D eigenvalue weighted by Gasteiger charge is 2.27. The van der Waals surface area contributed by atoms with E-state index >= 15 is 0 Å². The summed E-state index contributed by atoms with van der Waals surface area (Å²) in [4.78, 5) is 26.6. The van der Waals surface area contributed by atoms with Gasteiger partial charge in [-0.3, -0.25) is 9.59 Å². The van der Waals surface area contributed by atoms with Gasteiger partial charge in [0.15, 0.2) is 0 Å². The predicted molar refractivity (Wildman–Crippen MR) is 66.3 cm³/mol. The topological polar surface area (TPSA) is 97.1 Å². The van der Waals surface area contributed by atoms with E-state index in [4.69, 9.17) is 5.73 Å². The summed E-state index contributed by atoms with van der Waals surface area (Å²) in [5, 5.41) is 6.00. The summed E-state index contributed by atoms with van der Waals surface area (Å²) >= 11 is 1.25. The zero-order chi connectivity index (χ0) is 15.2. The van der Waals surface area contributed by atoms with Gasteiger partial charge in [0.1, 0.15) is 12.2 Å². The van der Waals surface area contributed by atoms with Gasteiger partial charge in [0.2, 0.25) is 5.91 Å². The third-order valence-electron chi connectivity index (χ3n) is 2.04. The summed E-state index contributed by atoms with van der Waals surface area (Å²) in [6, 6.07) is 0. The molecule has 0 radical (unpaired) electrons. The molecule has 0 aliphatic carbocycles. The van der Waals surface area contributed by atoms with Gasteiger partial charge in [-0.1, -0.05) is 0 Å². The van der Waals surface area contributed by atoms with Crippen molar-refractivity contribution in [1.29, 1.82) is 0 Å². The second-order valence-corrected chi connectivity index (χ2v) is 4.68. The molecular formula is C10H13F3N4O2S. The molecule has 0 unspecified atom stereocenters. The lowest BCUT2D eigenvalue weighted by Crippen LogP contribution is -2.40. The Kier molecular flexibility index (Phi) is 5.89. The third kappa shape index (κ3) is 5.97. The van der Waals surface area contributed by atoms with Crippen LogP contribution in [0.15, 0.2) is 5.38 Å². The van der Waals surface area contributed by atoms with E-state index in [9.17, 15) is 22.8 Å². The molecule has 0 aliphatic rings. The van der Waals surface area contributed by atoms with Crippen molar-refractivity contribution in [2.75, 3.05) is 19.6 Å². The molecule has 4 N–H and O–H groups in total. The lowest BCUT2D eigenvalue weighted by Gasteiger charge is -2.08. The van der Waals surface area contributed by atoms with Crippen molar-refractivity contribution < 1.29 is 22.8 Å². The normalized spacial score (nSPS) is 11.2. The fourth-order valence-electron chi connectivity index (χ4n) is 1.17. The van der Waals surface area contributed by atoms with Gasteiger partial charge in [-0.15, -0.1) is 11.3 Å². The van der Waals surface area contributed by atoms with Crippen LogP contribution in [0.3, 0.4) is 0 Å². The molecule has 1 rings (SSSR count). The third-order valence-corrected chi connectivity index (χ3v) is 2.95. The first kappa shape index (κ1) is 16.4. The average molecular weight is 310 g/mol.